The van der Waals surface area contributed by atoms with Crippen LogP contribution in [0.5, 0.6) is 5.75 Å². The van der Waals surface area contributed by atoms with E-state index in [4.69, 9.17) is 9.47 Å². The second-order valence-electron chi connectivity index (χ2n) is 7.23. The predicted octanol–water partition coefficient (Wildman–Crippen LogP) is 3.42. The maximum atomic E-state index is 12.6. The largest absolute Gasteiger partial charge is 0.465 e. The molecule has 0 aromatic heterocycles. The summed E-state index contributed by atoms with van der Waals surface area (Å²) in [5.41, 5.74) is 2.34. The lowest BCUT2D eigenvalue weighted by atomic mass is 10.0. The Morgan fingerprint density at radius 1 is 0.929 bits per heavy atom. The number of hydrogen-bond acceptors (Lipinski definition) is 5. The Kier molecular flexibility index (Phi) is 5.30. The summed E-state index contributed by atoms with van der Waals surface area (Å²) < 4.78 is 10.4. The zero-order valence-corrected chi connectivity index (χ0v) is 16.0. The fraction of sp³-hybridized carbons (Fsp3) is 0.364. The number of nitrogens with zero attached hydrogens (tertiary/aromatic N) is 2. The Labute approximate surface area is 164 Å². The number of piperidine rings is 1. The van der Waals surface area contributed by atoms with E-state index in [1.54, 1.807) is 24.3 Å². The maximum Gasteiger partial charge on any atom is 0.415 e. The normalized spacial score (nSPS) is 21.1. The Bertz CT molecular complexity index is 857. The Morgan fingerprint density at radius 2 is 1.68 bits per heavy atom. The summed E-state index contributed by atoms with van der Waals surface area (Å²) in [5, 5.41) is 0. The molecule has 2 aromatic carbocycles. The number of hydrogen-bond donors (Lipinski definition) is 0. The third-order valence-corrected chi connectivity index (χ3v) is 5.57. The molecular weight excluding hydrogens is 356 g/mol. The third kappa shape index (κ3) is 3.87. The molecule has 6 nitrogen and oxygen atoms in total. The minimum atomic E-state index is -0.365. The summed E-state index contributed by atoms with van der Waals surface area (Å²) in [7, 11) is 1.37. The Balaban J connectivity index is 1.45. The first-order valence-corrected chi connectivity index (χ1v) is 9.63. The van der Waals surface area contributed by atoms with Crippen LogP contribution in [0, 0.1) is 0 Å². The lowest BCUT2D eigenvalue weighted by Gasteiger charge is -2.30. The highest BCUT2D eigenvalue weighted by Gasteiger charge is 2.32. The fourth-order valence-corrected chi connectivity index (χ4v) is 3.95. The van der Waals surface area contributed by atoms with E-state index >= 15 is 0 Å². The number of benzene rings is 2. The van der Waals surface area contributed by atoms with Gasteiger partial charge in [-0.05, 0) is 48.2 Å². The molecule has 2 bridgehead atoms. The van der Waals surface area contributed by atoms with Gasteiger partial charge in [0.15, 0.2) is 0 Å². The highest BCUT2D eigenvalue weighted by Crippen LogP contribution is 2.25. The standard InChI is InChI=1S/C22H24N2O4/c1-27-21(25)18-4-2-3-17(15-18)16-5-7-20(8-6-16)28-22(26)24-14-13-23-11-9-19(24)10-12-23/h2-8,15,19H,9-14H2,1H3. The van der Waals surface area contributed by atoms with Gasteiger partial charge in [0.25, 0.3) is 0 Å². The van der Waals surface area contributed by atoms with Crippen LogP contribution in [0.15, 0.2) is 48.5 Å². The third-order valence-electron chi connectivity index (χ3n) is 5.57. The summed E-state index contributed by atoms with van der Waals surface area (Å²) in [6.45, 7) is 3.77. The van der Waals surface area contributed by atoms with Gasteiger partial charge in [-0.3, -0.25) is 0 Å². The lowest BCUT2D eigenvalue weighted by Crippen LogP contribution is -2.43. The van der Waals surface area contributed by atoms with Crippen LogP contribution in [0.3, 0.4) is 0 Å². The molecule has 3 heterocycles. The Hall–Kier alpha value is -2.86. The van der Waals surface area contributed by atoms with Gasteiger partial charge in [-0.2, -0.15) is 0 Å². The van der Waals surface area contributed by atoms with Crippen molar-refractivity contribution < 1.29 is 19.1 Å². The molecular formula is C22H24N2O4. The molecule has 0 unspecified atom stereocenters. The van der Waals surface area contributed by atoms with Crippen LogP contribution >= 0.6 is 0 Å². The predicted molar refractivity (Wildman–Crippen MR) is 105 cm³/mol. The van der Waals surface area contributed by atoms with Gasteiger partial charge < -0.3 is 19.3 Å². The maximum absolute atomic E-state index is 12.6. The molecule has 1 amide bonds. The fourth-order valence-electron chi connectivity index (χ4n) is 3.95. The minimum absolute atomic E-state index is 0.269. The number of amides is 1. The molecule has 3 saturated heterocycles. The lowest BCUT2D eigenvalue weighted by molar-refractivity contribution is 0.0600. The number of carbonyl (C=O) groups is 2. The van der Waals surface area contributed by atoms with Crippen molar-refractivity contribution in [1.29, 1.82) is 0 Å². The number of methoxy groups -OCH3 is 1. The van der Waals surface area contributed by atoms with Crippen molar-refractivity contribution in [2.75, 3.05) is 33.3 Å². The van der Waals surface area contributed by atoms with E-state index in [9.17, 15) is 9.59 Å². The minimum Gasteiger partial charge on any atom is -0.465 e. The molecule has 3 aliphatic heterocycles. The van der Waals surface area contributed by atoms with Gasteiger partial charge in [0.2, 0.25) is 0 Å². The molecule has 2 aromatic rings. The first-order chi connectivity index (χ1) is 13.6. The number of carbonyl (C=O) groups excluding carboxylic acids is 2. The number of esters is 1. The van der Waals surface area contributed by atoms with Gasteiger partial charge in [0.1, 0.15) is 5.75 Å². The van der Waals surface area contributed by atoms with Crippen molar-refractivity contribution in [1.82, 2.24) is 9.80 Å². The van der Waals surface area contributed by atoms with Crippen LogP contribution in [0.2, 0.25) is 0 Å². The molecule has 0 N–H and O–H groups in total. The van der Waals surface area contributed by atoms with Crippen LogP contribution in [0.1, 0.15) is 23.2 Å². The highest BCUT2D eigenvalue weighted by atomic mass is 16.6. The summed E-state index contributed by atoms with van der Waals surface area (Å²) in [5.74, 6) is 0.160. The van der Waals surface area contributed by atoms with Crippen molar-refractivity contribution in [3.05, 3.63) is 54.1 Å². The number of fused-ring (bicyclic) bond motifs is 4. The average molecular weight is 380 g/mol. The van der Waals surface area contributed by atoms with E-state index in [0.717, 1.165) is 50.1 Å². The summed E-state index contributed by atoms with van der Waals surface area (Å²) in [6, 6.07) is 14.9. The van der Waals surface area contributed by atoms with Gasteiger partial charge in [0.05, 0.1) is 12.7 Å². The summed E-state index contributed by atoms with van der Waals surface area (Å²) in [4.78, 5) is 28.6. The van der Waals surface area contributed by atoms with Gasteiger partial charge in [-0.15, -0.1) is 0 Å². The topological polar surface area (TPSA) is 59.1 Å². The van der Waals surface area contributed by atoms with E-state index in [2.05, 4.69) is 4.90 Å². The van der Waals surface area contributed by atoms with Crippen molar-refractivity contribution in [3.8, 4) is 16.9 Å². The van der Waals surface area contributed by atoms with Gasteiger partial charge in [-0.1, -0.05) is 24.3 Å². The molecule has 146 valence electrons. The van der Waals surface area contributed by atoms with Crippen LogP contribution in [0.25, 0.3) is 11.1 Å². The first kappa shape index (κ1) is 18.5. The van der Waals surface area contributed by atoms with Crippen molar-refractivity contribution >= 4 is 12.1 Å². The van der Waals surface area contributed by atoms with Crippen molar-refractivity contribution in [2.45, 2.75) is 18.9 Å². The molecule has 0 radical (unpaired) electrons. The molecule has 28 heavy (non-hydrogen) atoms. The smallest absolute Gasteiger partial charge is 0.415 e. The van der Waals surface area contributed by atoms with E-state index < -0.39 is 0 Å². The monoisotopic (exact) mass is 380 g/mol. The summed E-state index contributed by atoms with van der Waals surface area (Å²) in [6.07, 6.45) is 1.77. The van der Waals surface area contributed by atoms with Gasteiger partial charge >= 0.3 is 12.1 Å². The first-order valence-electron chi connectivity index (χ1n) is 9.63. The second kappa shape index (κ2) is 8.02. The van der Waals surface area contributed by atoms with Crippen LogP contribution in [-0.4, -0.2) is 61.2 Å². The average Bonchev–Trinajstić information content (AvgIpc) is 3.08. The zero-order chi connectivity index (χ0) is 19.5. The molecule has 3 aliphatic rings. The van der Waals surface area contributed by atoms with Crippen LogP contribution < -0.4 is 4.74 Å². The quantitative estimate of drug-likeness (QED) is 0.764. The SMILES string of the molecule is COC(=O)c1cccc(-c2ccc(OC(=O)N3CCN4CCC3CC4)cc2)c1. The van der Waals surface area contributed by atoms with E-state index in [1.165, 1.54) is 7.11 Å². The highest BCUT2D eigenvalue weighted by molar-refractivity contribution is 5.91. The van der Waals surface area contributed by atoms with Gasteiger partial charge in [0, 0.05) is 32.2 Å². The van der Waals surface area contributed by atoms with Crippen molar-refractivity contribution in [3.63, 3.8) is 0 Å². The van der Waals surface area contributed by atoms with Crippen LogP contribution in [0.4, 0.5) is 4.79 Å². The molecule has 0 spiro atoms. The second-order valence-corrected chi connectivity index (χ2v) is 7.23. The zero-order valence-electron chi connectivity index (χ0n) is 16.0. The van der Waals surface area contributed by atoms with E-state index in [0.29, 0.717) is 11.3 Å². The molecule has 0 saturated carbocycles. The van der Waals surface area contributed by atoms with Crippen LogP contribution in [-0.2, 0) is 4.74 Å². The Morgan fingerprint density at radius 3 is 2.39 bits per heavy atom. The molecule has 3 fully saturated rings. The van der Waals surface area contributed by atoms with E-state index in [-0.39, 0.29) is 18.1 Å². The molecule has 6 heteroatoms. The molecule has 0 aliphatic carbocycles. The molecule has 0 atom stereocenters. The van der Waals surface area contributed by atoms with E-state index in [1.807, 2.05) is 29.2 Å². The summed E-state index contributed by atoms with van der Waals surface area (Å²) >= 11 is 0. The number of rotatable bonds is 3. The van der Waals surface area contributed by atoms with Crippen molar-refractivity contribution in [2.24, 2.45) is 0 Å². The van der Waals surface area contributed by atoms with Gasteiger partial charge in [-0.25, -0.2) is 9.59 Å². The number of ether oxygens (including phenoxy) is 2. The molecule has 5 rings (SSSR count).